The van der Waals surface area contributed by atoms with Gasteiger partial charge in [-0.15, -0.1) is 0 Å². The molecule has 3 nitrogen and oxygen atoms in total. The Bertz CT molecular complexity index is 602. The summed E-state index contributed by atoms with van der Waals surface area (Å²) in [4.78, 5) is 10.8. The first-order valence-corrected chi connectivity index (χ1v) is 6.83. The number of hydrogen-bond donors (Lipinski definition) is 2. The van der Waals surface area contributed by atoms with E-state index in [0.29, 0.717) is 5.92 Å². The Kier molecular flexibility index (Phi) is 4.09. The molecule has 0 radical (unpaired) electrons. The molecule has 106 valence electrons. The van der Waals surface area contributed by atoms with Crippen LogP contribution in [0.15, 0.2) is 30.3 Å². The van der Waals surface area contributed by atoms with Gasteiger partial charge in [0, 0.05) is 6.42 Å². The van der Waals surface area contributed by atoms with Crippen LogP contribution in [-0.2, 0) is 11.2 Å². The summed E-state index contributed by atoms with van der Waals surface area (Å²) >= 11 is 0. The second kappa shape index (κ2) is 5.63. The zero-order valence-electron chi connectivity index (χ0n) is 12.1. The quantitative estimate of drug-likeness (QED) is 0.898. The molecule has 0 fully saturated rings. The normalized spacial score (nSPS) is 12.8. The lowest BCUT2D eigenvalue weighted by Crippen LogP contribution is -2.22. The van der Waals surface area contributed by atoms with Gasteiger partial charge in [-0.05, 0) is 40.7 Å². The van der Waals surface area contributed by atoms with Crippen molar-refractivity contribution in [3.63, 3.8) is 0 Å². The minimum atomic E-state index is -1.36. The molecule has 20 heavy (non-hydrogen) atoms. The van der Waals surface area contributed by atoms with Crippen molar-refractivity contribution >= 4 is 5.97 Å². The van der Waals surface area contributed by atoms with Crippen LogP contribution in [0.1, 0.15) is 36.5 Å². The number of carboxylic acids is 1. The van der Waals surface area contributed by atoms with Crippen LogP contribution in [-0.4, -0.2) is 22.3 Å². The Balaban J connectivity index is 2.52. The average molecular weight is 272 g/mol. The monoisotopic (exact) mass is 272 g/mol. The van der Waals surface area contributed by atoms with Gasteiger partial charge < -0.3 is 10.2 Å². The van der Waals surface area contributed by atoms with Crippen LogP contribution >= 0.6 is 0 Å². The zero-order valence-corrected chi connectivity index (χ0v) is 12.1. The maximum absolute atomic E-state index is 10.8. The Labute approximate surface area is 119 Å². The van der Waals surface area contributed by atoms with Gasteiger partial charge in [0.25, 0.3) is 0 Å². The lowest BCUT2D eigenvalue weighted by Gasteiger charge is -2.08. The number of hydrogen-bond acceptors (Lipinski definition) is 2. The highest BCUT2D eigenvalue weighted by atomic mass is 16.4. The first-order valence-electron chi connectivity index (χ1n) is 6.83. The molecule has 2 aliphatic rings. The Hall–Kier alpha value is -1.87. The summed E-state index contributed by atoms with van der Waals surface area (Å²) in [6, 6.07) is 10.1. The number of aliphatic hydroxyl groups excluding tert-OH is 1. The van der Waals surface area contributed by atoms with Crippen LogP contribution in [0, 0.1) is 6.92 Å². The van der Waals surface area contributed by atoms with E-state index in [1.807, 2.05) is 31.2 Å². The number of fused-ring (bicyclic) bond motifs is 1. The summed E-state index contributed by atoms with van der Waals surface area (Å²) in [5.74, 6) is -0.783. The van der Waals surface area contributed by atoms with Gasteiger partial charge in [0.15, 0.2) is 6.10 Å². The van der Waals surface area contributed by atoms with E-state index in [-0.39, 0.29) is 6.42 Å². The van der Waals surface area contributed by atoms with Crippen molar-refractivity contribution in [2.75, 3.05) is 0 Å². The molecule has 0 aromatic rings. The largest absolute Gasteiger partial charge is 0.479 e. The van der Waals surface area contributed by atoms with E-state index in [0.717, 1.165) is 16.7 Å². The van der Waals surface area contributed by atoms with Gasteiger partial charge in [-0.3, -0.25) is 0 Å². The molecule has 0 aromatic heterocycles. The molecule has 1 unspecified atom stereocenters. The topological polar surface area (TPSA) is 57.5 Å². The van der Waals surface area contributed by atoms with Crippen LogP contribution < -0.4 is 0 Å². The highest BCUT2D eigenvalue weighted by molar-refractivity contribution is 5.76. The number of carboxylic acid groups (broad SMARTS) is 1. The lowest BCUT2D eigenvalue weighted by atomic mass is 10.00. The fraction of sp³-hybridized carbons (Fsp3) is 0.353. The molecule has 2 N–H and O–H groups in total. The average Bonchev–Trinajstić information content (AvgIpc) is 2.63. The fourth-order valence-corrected chi connectivity index (χ4v) is 2.41. The van der Waals surface area contributed by atoms with Gasteiger partial charge in [0.2, 0.25) is 0 Å². The number of aliphatic carboxylic acids is 1. The van der Waals surface area contributed by atoms with Crippen molar-refractivity contribution < 1.29 is 15.0 Å². The van der Waals surface area contributed by atoms with E-state index < -0.39 is 12.1 Å². The third kappa shape index (κ3) is 2.83. The first-order chi connectivity index (χ1) is 9.40. The summed E-state index contributed by atoms with van der Waals surface area (Å²) in [5, 5.41) is 18.5. The van der Waals surface area contributed by atoms with Crippen LogP contribution in [0.5, 0.6) is 0 Å². The van der Waals surface area contributed by atoms with Crippen molar-refractivity contribution in [1.29, 1.82) is 0 Å². The van der Waals surface area contributed by atoms with Gasteiger partial charge in [-0.2, -0.15) is 0 Å². The summed E-state index contributed by atoms with van der Waals surface area (Å²) < 4.78 is 0. The highest BCUT2D eigenvalue weighted by Crippen LogP contribution is 2.33. The molecule has 0 saturated carbocycles. The first kappa shape index (κ1) is 14.5. The molecule has 0 bridgehead atoms. The number of aryl methyl sites for hydroxylation is 1. The smallest absolute Gasteiger partial charge is 0.332 e. The minimum absolute atomic E-state index is 0.126. The molecule has 0 aliphatic heterocycles. The van der Waals surface area contributed by atoms with Gasteiger partial charge in [0.05, 0.1) is 0 Å². The molecular weight excluding hydrogens is 252 g/mol. The van der Waals surface area contributed by atoms with E-state index >= 15 is 0 Å². The second-order valence-corrected chi connectivity index (χ2v) is 5.56. The standard InChI is InChI=1S/C17H20O3/c1-10(2)12-5-6-13(9-16(18)17(19)20)14-7-4-11(3)15(14)8-12/h4-8,10,16,18H,9H2,1-3H3,(H,19,20). The van der Waals surface area contributed by atoms with E-state index in [1.54, 1.807) is 0 Å². The van der Waals surface area contributed by atoms with Crippen molar-refractivity contribution in [2.24, 2.45) is 0 Å². The van der Waals surface area contributed by atoms with E-state index in [1.165, 1.54) is 11.1 Å². The number of aliphatic hydroxyl groups is 1. The Morgan fingerprint density at radius 2 is 1.85 bits per heavy atom. The van der Waals surface area contributed by atoms with Gasteiger partial charge in [0.1, 0.15) is 0 Å². The van der Waals surface area contributed by atoms with E-state index in [2.05, 4.69) is 19.9 Å². The maximum Gasteiger partial charge on any atom is 0.332 e. The highest BCUT2D eigenvalue weighted by Gasteiger charge is 2.18. The summed E-state index contributed by atoms with van der Waals surface area (Å²) in [5.41, 5.74) is 5.40. The van der Waals surface area contributed by atoms with Crippen molar-refractivity contribution in [2.45, 2.75) is 39.2 Å². The minimum Gasteiger partial charge on any atom is -0.479 e. The van der Waals surface area contributed by atoms with Gasteiger partial charge in [-0.25, -0.2) is 4.79 Å². The van der Waals surface area contributed by atoms with Crippen LogP contribution in [0.4, 0.5) is 0 Å². The van der Waals surface area contributed by atoms with Gasteiger partial charge in [-0.1, -0.05) is 44.2 Å². The van der Waals surface area contributed by atoms with Crippen LogP contribution in [0.3, 0.4) is 0 Å². The number of rotatable bonds is 4. The maximum atomic E-state index is 10.8. The molecule has 0 amide bonds. The van der Waals surface area contributed by atoms with E-state index in [4.69, 9.17) is 5.11 Å². The van der Waals surface area contributed by atoms with Crippen molar-refractivity contribution in [1.82, 2.24) is 0 Å². The molecule has 2 rings (SSSR count). The summed E-state index contributed by atoms with van der Waals surface area (Å²) in [7, 11) is 0. The third-order valence-electron chi connectivity index (χ3n) is 3.71. The molecule has 2 aliphatic carbocycles. The SMILES string of the molecule is Cc1ccc2c(CC(O)C(=O)O)ccc(C(C)C)cc1-2. The number of carbonyl (C=O) groups is 1. The predicted octanol–water partition coefficient (Wildman–Crippen LogP) is 3.21. The molecule has 0 aromatic carbocycles. The molecule has 1 atom stereocenters. The fourth-order valence-electron chi connectivity index (χ4n) is 2.41. The molecular formula is C17H20O3. The Morgan fingerprint density at radius 1 is 1.15 bits per heavy atom. The van der Waals surface area contributed by atoms with Gasteiger partial charge >= 0.3 is 5.97 Å². The van der Waals surface area contributed by atoms with Crippen molar-refractivity contribution in [3.05, 3.63) is 47.0 Å². The molecule has 0 spiro atoms. The predicted molar refractivity (Wildman–Crippen MR) is 79.2 cm³/mol. The Morgan fingerprint density at radius 3 is 2.45 bits per heavy atom. The zero-order chi connectivity index (χ0) is 14.9. The summed E-state index contributed by atoms with van der Waals surface area (Å²) in [6.07, 6.45) is -1.24. The molecule has 0 saturated heterocycles. The molecule has 3 heteroatoms. The van der Waals surface area contributed by atoms with Crippen LogP contribution in [0.25, 0.3) is 11.1 Å². The summed E-state index contributed by atoms with van der Waals surface area (Å²) in [6.45, 7) is 6.31. The van der Waals surface area contributed by atoms with E-state index in [9.17, 15) is 9.90 Å². The second-order valence-electron chi connectivity index (χ2n) is 5.56. The lowest BCUT2D eigenvalue weighted by molar-refractivity contribution is -0.146. The molecule has 0 heterocycles. The van der Waals surface area contributed by atoms with Crippen molar-refractivity contribution in [3.8, 4) is 11.1 Å². The third-order valence-corrected chi connectivity index (χ3v) is 3.71. The van der Waals surface area contributed by atoms with Crippen LogP contribution in [0.2, 0.25) is 0 Å².